The van der Waals surface area contributed by atoms with Gasteiger partial charge in [-0.25, -0.2) is 4.99 Å². The predicted octanol–water partition coefficient (Wildman–Crippen LogP) is 4.43. The fourth-order valence-electron chi connectivity index (χ4n) is 3.66. The molecule has 0 fully saturated rings. The quantitative estimate of drug-likeness (QED) is 0.794. The molecule has 2 amide bonds. The molecule has 0 spiro atoms. The lowest BCUT2D eigenvalue weighted by atomic mass is 10.1. The van der Waals surface area contributed by atoms with Crippen LogP contribution >= 0.6 is 11.8 Å². The number of nitrogens with zero attached hydrogens (tertiary/aromatic N) is 3. The zero-order valence-electron chi connectivity index (χ0n) is 17.5. The zero-order valence-corrected chi connectivity index (χ0v) is 18.3. The highest BCUT2D eigenvalue weighted by Crippen LogP contribution is 2.36. The first-order chi connectivity index (χ1) is 14.4. The summed E-state index contributed by atoms with van der Waals surface area (Å²) in [7, 11) is 0. The Morgan fingerprint density at radius 1 is 1.13 bits per heavy atom. The maximum atomic E-state index is 13.1. The maximum absolute atomic E-state index is 13.1. The molecule has 1 N–H and O–H groups in total. The lowest BCUT2D eigenvalue weighted by Gasteiger charge is -2.31. The molecule has 2 aromatic carbocycles. The Labute approximate surface area is 180 Å². The van der Waals surface area contributed by atoms with Gasteiger partial charge >= 0.3 is 0 Å². The highest BCUT2D eigenvalue weighted by atomic mass is 32.2. The average Bonchev–Trinajstić information content (AvgIpc) is 3.04. The summed E-state index contributed by atoms with van der Waals surface area (Å²) in [6.07, 6.45) is 0.630. The van der Waals surface area contributed by atoms with Crippen LogP contribution in [0.25, 0.3) is 0 Å². The van der Waals surface area contributed by atoms with Gasteiger partial charge in [0.15, 0.2) is 5.17 Å². The number of anilines is 1. The second-order valence-electron chi connectivity index (χ2n) is 7.50. The number of amides is 2. The van der Waals surface area contributed by atoms with Crippen LogP contribution in [0.2, 0.25) is 0 Å². The second-order valence-corrected chi connectivity index (χ2v) is 8.67. The van der Waals surface area contributed by atoms with Crippen LogP contribution in [-0.2, 0) is 9.59 Å². The lowest BCUT2D eigenvalue weighted by molar-refractivity contribution is -0.119. The summed E-state index contributed by atoms with van der Waals surface area (Å²) in [4.78, 5) is 36.3. The molecule has 2 atom stereocenters. The molecule has 0 saturated heterocycles. The lowest BCUT2D eigenvalue weighted by Crippen LogP contribution is -2.43. The number of nitrogens with one attached hydrogen (secondary N) is 1. The summed E-state index contributed by atoms with van der Waals surface area (Å²) < 4.78 is 0. The van der Waals surface area contributed by atoms with Crippen LogP contribution in [0.5, 0.6) is 0 Å². The third-order valence-electron chi connectivity index (χ3n) is 5.40. The van der Waals surface area contributed by atoms with Crippen molar-refractivity contribution < 1.29 is 9.59 Å². The fraction of sp³-hybridized carbons (Fsp3) is 0.304. The number of aryl methyl sites for hydroxylation is 2. The number of rotatable bonds is 4. The molecular weight excluding hydrogens is 396 g/mol. The molecule has 0 bridgehead atoms. The van der Waals surface area contributed by atoms with Crippen molar-refractivity contribution in [2.75, 3.05) is 5.32 Å². The first-order valence-electron chi connectivity index (χ1n) is 10.0. The van der Waals surface area contributed by atoms with Gasteiger partial charge in [-0.15, -0.1) is 0 Å². The largest absolute Gasteiger partial charge is 0.325 e. The van der Waals surface area contributed by atoms with Crippen LogP contribution in [0.3, 0.4) is 0 Å². The van der Waals surface area contributed by atoms with Crippen molar-refractivity contribution in [2.24, 2.45) is 9.98 Å². The predicted molar refractivity (Wildman–Crippen MR) is 123 cm³/mol. The molecule has 2 aromatic rings. The fourth-order valence-corrected chi connectivity index (χ4v) is 4.75. The van der Waals surface area contributed by atoms with E-state index in [9.17, 15) is 9.59 Å². The SMILES string of the molecule is CCC(SC1=Nc2ccccc2C2=NC(=O)C(C)N12)C(=O)Nc1c(C)cccc1C. The number of benzene rings is 2. The average molecular weight is 421 g/mol. The Hall–Kier alpha value is -2.93. The maximum Gasteiger partial charge on any atom is 0.270 e. The van der Waals surface area contributed by atoms with Gasteiger partial charge in [0.05, 0.1) is 10.9 Å². The number of thioether (sulfide) groups is 1. The molecule has 2 aliphatic rings. The van der Waals surface area contributed by atoms with Gasteiger partial charge in [0.2, 0.25) is 5.91 Å². The van der Waals surface area contributed by atoms with E-state index < -0.39 is 6.04 Å². The van der Waals surface area contributed by atoms with E-state index >= 15 is 0 Å². The van der Waals surface area contributed by atoms with Gasteiger partial charge in [0.1, 0.15) is 11.9 Å². The number of aliphatic imine (C=N–C) groups is 2. The number of carbonyl (C=O) groups excluding carboxylic acids is 2. The van der Waals surface area contributed by atoms with Crippen molar-refractivity contribution in [2.45, 2.75) is 45.4 Å². The van der Waals surface area contributed by atoms with Crippen molar-refractivity contribution >= 4 is 46.0 Å². The molecular formula is C23H24N4O2S. The minimum atomic E-state index is -0.432. The second kappa shape index (κ2) is 8.07. The van der Waals surface area contributed by atoms with Crippen LogP contribution in [0.15, 0.2) is 52.4 Å². The van der Waals surface area contributed by atoms with E-state index in [1.807, 2.05) is 75.1 Å². The van der Waals surface area contributed by atoms with Crippen LogP contribution in [0.4, 0.5) is 11.4 Å². The summed E-state index contributed by atoms with van der Waals surface area (Å²) in [5.74, 6) is 0.353. The van der Waals surface area contributed by atoms with Crippen molar-refractivity contribution in [1.82, 2.24) is 4.90 Å². The van der Waals surface area contributed by atoms with Crippen molar-refractivity contribution in [3.8, 4) is 0 Å². The van der Waals surface area contributed by atoms with E-state index in [4.69, 9.17) is 4.99 Å². The number of fused-ring (bicyclic) bond motifs is 3. The van der Waals surface area contributed by atoms with E-state index in [1.54, 1.807) is 0 Å². The molecule has 2 aliphatic heterocycles. The van der Waals surface area contributed by atoms with Gasteiger partial charge in [-0.05, 0) is 50.5 Å². The smallest absolute Gasteiger partial charge is 0.270 e. The van der Waals surface area contributed by atoms with Gasteiger partial charge in [0.25, 0.3) is 5.91 Å². The standard InChI is InChI=1S/C23H24N4O2S/c1-5-18(22(29)25-19-13(2)9-8-10-14(19)3)30-23-24-17-12-7-6-11-16(17)20-26-21(28)15(4)27(20)23/h6-12,15,18H,5H2,1-4H3,(H,25,29). The Balaban J connectivity index is 1.63. The molecule has 154 valence electrons. The van der Waals surface area contributed by atoms with Crippen LogP contribution in [-0.4, -0.2) is 39.0 Å². The summed E-state index contributed by atoms with van der Waals surface area (Å²) >= 11 is 1.38. The topological polar surface area (TPSA) is 74.1 Å². The molecule has 0 saturated carbocycles. The molecule has 2 heterocycles. The van der Waals surface area contributed by atoms with E-state index in [2.05, 4.69) is 10.3 Å². The molecule has 6 nitrogen and oxygen atoms in total. The Bertz CT molecular complexity index is 1070. The minimum absolute atomic E-state index is 0.0712. The monoisotopic (exact) mass is 420 g/mol. The van der Waals surface area contributed by atoms with Gasteiger partial charge in [0, 0.05) is 11.3 Å². The molecule has 0 aromatic heterocycles. The van der Waals surface area contributed by atoms with Crippen molar-refractivity contribution in [3.05, 3.63) is 59.2 Å². The van der Waals surface area contributed by atoms with Crippen LogP contribution in [0, 0.1) is 13.8 Å². The van der Waals surface area contributed by atoms with Gasteiger partial charge in [-0.2, -0.15) is 4.99 Å². The summed E-state index contributed by atoms with van der Waals surface area (Å²) in [5.41, 5.74) is 4.51. The summed E-state index contributed by atoms with van der Waals surface area (Å²) in [6, 6.07) is 13.2. The molecule has 30 heavy (non-hydrogen) atoms. The number of para-hydroxylation sites is 2. The molecule has 7 heteroatoms. The Morgan fingerprint density at radius 3 is 2.53 bits per heavy atom. The third-order valence-corrected chi connectivity index (χ3v) is 6.73. The Kier molecular flexibility index (Phi) is 5.47. The van der Waals surface area contributed by atoms with Crippen molar-refractivity contribution in [1.29, 1.82) is 0 Å². The van der Waals surface area contributed by atoms with Crippen LogP contribution < -0.4 is 5.32 Å². The number of hydrogen-bond acceptors (Lipinski definition) is 5. The van der Waals surface area contributed by atoms with Crippen LogP contribution in [0.1, 0.15) is 37.0 Å². The van der Waals surface area contributed by atoms with E-state index in [-0.39, 0.29) is 17.1 Å². The zero-order chi connectivity index (χ0) is 21.4. The summed E-state index contributed by atoms with van der Waals surface area (Å²) in [6.45, 7) is 7.77. The highest BCUT2D eigenvalue weighted by molar-refractivity contribution is 8.15. The van der Waals surface area contributed by atoms with E-state index in [1.165, 1.54) is 11.8 Å². The molecule has 0 aliphatic carbocycles. The Morgan fingerprint density at radius 2 is 1.83 bits per heavy atom. The first kappa shape index (κ1) is 20.3. The summed E-state index contributed by atoms with van der Waals surface area (Å²) in [5, 5.41) is 3.37. The van der Waals surface area contributed by atoms with E-state index in [0.29, 0.717) is 17.4 Å². The van der Waals surface area contributed by atoms with Gasteiger partial charge in [-0.1, -0.05) is 49.0 Å². The third kappa shape index (κ3) is 3.54. The number of hydrogen-bond donors (Lipinski definition) is 1. The normalized spacial score (nSPS) is 18.3. The minimum Gasteiger partial charge on any atom is -0.325 e. The molecule has 2 unspecified atom stereocenters. The van der Waals surface area contributed by atoms with Gasteiger partial charge < -0.3 is 5.32 Å². The highest BCUT2D eigenvalue weighted by Gasteiger charge is 2.40. The molecule has 4 rings (SSSR count). The number of carbonyl (C=O) groups is 2. The van der Waals surface area contributed by atoms with E-state index in [0.717, 1.165) is 28.1 Å². The molecule has 0 radical (unpaired) electrons. The number of amidine groups is 2. The first-order valence-corrected chi connectivity index (χ1v) is 10.9. The van der Waals surface area contributed by atoms with Crippen molar-refractivity contribution in [3.63, 3.8) is 0 Å². The van der Waals surface area contributed by atoms with Gasteiger partial charge in [-0.3, -0.25) is 14.5 Å².